The van der Waals surface area contributed by atoms with Crippen LogP contribution in [0.1, 0.15) is 87.7 Å². The normalized spacial score (nSPS) is 12.1. The number of unbranched alkanes of at least 4 members (excludes halogenated alkanes) is 4. The first-order valence-electron chi connectivity index (χ1n) is 35.5. The largest absolute Gasteiger partial charge is 0.381 e. The maximum absolute atomic E-state index is 6.50. The molecule has 3 rings (SSSR count). The van der Waals surface area contributed by atoms with Crippen molar-refractivity contribution in [2.75, 3.05) is 197 Å². The minimum absolute atomic E-state index is 0.302. The number of hydrogen-bond acceptors (Lipinski definition) is 22. The molecule has 26 heteroatoms. The zero-order valence-electron chi connectivity index (χ0n) is 61.0. The molecule has 0 atom stereocenters. The first-order valence-corrected chi connectivity index (χ1v) is 36.7. The third kappa shape index (κ3) is 43.1. The first-order chi connectivity index (χ1) is 49.6. The topological polar surface area (TPSA) is 240 Å². The van der Waals surface area contributed by atoms with Gasteiger partial charge in [-0.25, -0.2) is 0 Å². The average molecular weight is 1490 g/mol. The molecule has 25 nitrogen and oxygen atoms in total. The number of alkyl halides is 1. The highest BCUT2D eigenvalue weighted by Crippen LogP contribution is 2.33. The number of halogens is 1. The minimum atomic E-state index is -0.503. The van der Waals surface area contributed by atoms with Gasteiger partial charge >= 0.3 is 0 Å². The van der Waals surface area contributed by atoms with Crippen LogP contribution in [0.15, 0.2) is 132 Å². The standard InChI is InChI=1S/C75H124BrN9O16/c1-10-34-89-57-73(58-90-35-11-2,59-91-36-12-3)66-99-44-24-20-31-83-50-69(77-80-83)53-86-47-27-72(56-98-43-23-19-30-76,28-48-87-54-70-51-84(81-78-70)32-21-25-45-100-67-74(60-92-37-13-4,61-93-38-14-5)62-94-39-15-6)29-49-88-55-71-52-85(82-79-71)33-22-26-46-101-68-75(63-95-40-16-7,64-96-41-17-8)65-97-42-18-9/h10-18,50-52H,1-9,19-49,53-68H2. The van der Waals surface area contributed by atoms with Crippen LogP contribution in [0.4, 0.5) is 0 Å². The van der Waals surface area contributed by atoms with Crippen molar-refractivity contribution in [3.05, 3.63) is 150 Å². The van der Waals surface area contributed by atoms with Gasteiger partial charge < -0.3 is 75.8 Å². The Balaban J connectivity index is 1.65. The van der Waals surface area contributed by atoms with E-state index in [-0.39, 0.29) is 5.41 Å². The molecule has 0 aliphatic heterocycles. The summed E-state index contributed by atoms with van der Waals surface area (Å²) in [6.07, 6.45) is 30.3. The molecule has 101 heavy (non-hydrogen) atoms. The highest BCUT2D eigenvalue weighted by Gasteiger charge is 2.35. The summed E-state index contributed by atoms with van der Waals surface area (Å²) >= 11 is 3.58. The van der Waals surface area contributed by atoms with E-state index in [1.807, 2.05) is 32.6 Å². The molecule has 0 N–H and O–H groups in total. The number of hydrogen-bond donors (Lipinski definition) is 0. The zero-order chi connectivity index (χ0) is 72.7. The quantitative estimate of drug-likeness (QED) is 0.0290. The summed E-state index contributed by atoms with van der Waals surface area (Å²) in [5, 5.41) is 27.5. The molecule has 0 radical (unpaired) electrons. The van der Waals surface area contributed by atoms with E-state index in [1.165, 1.54) is 0 Å². The molecule has 0 fully saturated rings. The lowest BCUT2D eigenvalue weighted by molar-refractivity contribution is -0.0979. The van der Waals surface area contributed by atoms with Crippen LogP contribution >= 0.6 is 15.9 Å². The van der Waals surface area contributed by atoms with E-state index in [2.05, 4.69) is 106 Å². The van der Waals surface area contributed by atoms with Crippen LogP contribution in [0.5, 0.6) is 0 Å². The number of aryl methyl sites for hydroxylation is 3. The number of nitrogens with zero attached hydrogens (tertiary/aromatic N) is 9. The molecule has 3 heterocycles. The maximum atomic E-state index is 6.50. The molecule has 572 valence electrons. The van der Waals surface area contributed by atoms with Gasteiger partial charge in [0.2, 0.25) is 0 Å². The Kier molecular flexibility index (Phi) is 53.7. The van der Waals surface area contributed by atoms with Crippen molar-refractivity contribution >= 4 is 15.9 Å². The Labute approximate surface area is 612 Å². The molecule has 0 aliphatic rings. The van der Waals surface area contributed by atoms with Gasteiger partial charge in [0, 0.05) is 76.6 Å². The SMILES string of the molecule is C=CCOCC(COCC=C)(COCC=C)COCCCCn1cc(COCCC(CCOCc2cn(CCCCOCC(COCC=C)(COCC=C)COCC=C)nn2)(CCOCc2cn(CCCCOCC(COCC=C)(COCC=C)COCC=C)nn2)COCCCCBr)nn1. The van der Waals surface area contributed by atoms with Crippen LogP contribution in [-0.2, 0) is 115 Å². The molecule has 0 aromatic carbocycles. The zero-order valence-corrected chi connectivity index (χ0v) is 62.5. The summed E-state index contributed by atoms with van der Waals surface area (Å²) in [6.45, 7) is 49.6. The van der Waals surface area contributed by atoms with Crippen LogP contribution in [0.25, 0.3) is 0 Å². The van der Waals surface area contributed by atoms with Gasteiger partial charge in [-0.05, 0) is 70.6 Å². The molecule has 0 amide bonds. The van der Waals surface area contributed by atoms with Crippen molar-refractivity contribution in [2.24, 2.45) is 21.7 Å². The molecular weight excluding hydrogens is 1360 g/mol. The molecule has 0 bridgehead atoms. The summed E-state index contributed by atoms with van der Waals surface area (Å²) in [6, 6.07) is 0. The van der Waals surface area contributed by atoms with Crippen molar-refractivity contribution in [2.45, 2.75) is 110 Å². The summed E-state index contributed by atoms with van der Waals surface area (Å²) in [5.41, 5.74) is 0.358. The predicted molar refractivity (Wildman–Crippen MR) is 396 cm³/mol. The summed E-state index contributed by atoms with van der Waals surface area (Å²) in [5.74, 6) is 0. The van der Waals surface area contributed by atoms with E-state index >= 15 is 0 Å². The Hall–Kier alpha value is -5.08. The summed E-state index contributed by atoms with van der Waals surface area (Å²) in [7, 11) is 0. The van der Waals surface area contributed by atoms with Crippen LogP contribution in [0.2, 0.25) is 0 Å². The lowest BCUT2D eigenvalue weighted by Gasteiger charge is -2.34. The second-order valence-corrected chi connectivity index (χ2v) is 26.1. The van der Waals surface area contributed by atoms with Gasteiger partial charge in [-0.15, -0.1) is 74.5 Å². The monoisotopic (exact) mass is 1490 g/mol. The number of ether oxygens (including phenoxy) is 16. The van der Waals surface area contributed by atoms with Gasteiger partial charge in [0.1, 0.15) is 17.1 Å². The Morgan fingerprint density at radius 1 is 0.277 bits per heavy atom. The smallest absolute Gasteiger partial charge is 0.108 e. The third-order valence-corrected chi connectivity index (χ3v) is 16.3. The second-order valence-electron chi connectivity index (χ2n) is 25.3. The van der Waals surface area contributed by atoms with Crippen molar-refractivity contribution in [1.29, 1.82) is 0 Å². The van der Waals surface area contributed by atoms with Crippen LogP contribution in [-0.4, -0.2) is 242 Å². The predicted octanol–water partition coefficient (Wildman–Crippen LogP) is 10.9. The van der Waals surface area contributed by atoms with E-state index in [0.29, 0.717) is 250 Å². The van der Waals surface area contributed by atoms with Gasteiger partial charge in [0.05, 0.1) is 200 Å². The second kappa shape index (κ2) is 60.2. The molecule has 3 aromatic heterocycles. The van der Waals surface area contributed by atoms with Crippen LogP contribution in [0.3, 0.4) is 0 Å². The fourth-order valence-corrected chi connectivity index (χ4v) is 10.8. The summed E-state index contributed by atoms with van der Waals surface area (Å²) in [4.78, 5) is 0. The van der Waals surface area contributed by atoms with Gasteiger partial charge in [-0.3, -0.25) is 14.0 Å². The maximum Gasteiger partial charge on any atom is 0.108 e. The van der Waals surface area contributed by atoms with E-state index in [4.69, 9.17) is 75.8 Å². The van der Waals surface area contributed by atoms with Crippen molar-refractivity contribution in [1.82, 2.24) is 45.0 Å². The third-order valence-electron chi connectivity index (χ3n) is 15.7. The van der Waals surface area contributed by atoms with Crippen LogP contribution < -0.4 is 0 Å². The van der Waals surface area contributed by atoms with Crippen molar-refractivity contribution in [3.8, 4) is 0 Å². The molecule has 0 saturated heterocycles. The Morgan fingerprint density at radius 2 is 0.495 bits per heavy atom. The van der Waals surface area contributed by atoms with Gasteiger partial charge in [-0.1, -0.05) is 86.3 Å². The molecule has 3 aromatic rings. The molecule has 0 spiro atoms. The average Bonchev–Trinajstić information content (AvgIpc) is 1.87. The lowest BCUT2D eigenvalue weighted by Crippen LogP contribution is -2.42. The Bertz CT molecular complexity index is 2220. The van der Waals surface area contributed by atoms with Crippen molar-refractivity contribution < 1.29 is 75.8 Å². The minimum Gasteiger partial charge on any atom is -0.381 e. The van der Waals surface area contributed by atoms with Gasteiger partial charge in [0.15, 0.2) is 0 Å². The Morgan fingerprint density at radius 3 is 0.723 bits per heavy atom. The molecule has 0 saturated carbocycles. The highest BCUT2D eigenvalue weighted by molar-refractivity contribution is 9.09. The van der Waals surface area contributed by atoms with Gasteiger partial charge in [-0.2, -0.15) is 0 Å². The van der Waals surface area contributed by atoms with E-state index in [1.54, 1.807) is 54.7 Å². The lowest BCUT2D eigenvalue weighted by atomic mass is 9.79. The van der Waals surface area contributed by atoms with Crippen LogP contribution in [0, 0.1) is 21.7 Å². The molecule has 0 aliphatic carbocycles. The fourth-order valence-electron chi connectivity index (χ4n) is 10.4. The van der Waals surface area contributed by atoms with Crippen molar-refractivity contribution in [3.63, 3.8) is 0 Å². The van der Waals surface area contributed by atoms with Gasteiger partial charge in [0.25, 0.3) is 0 Å². The van der Waals surface area contributed by atoms with E-state index < -0.39 is 16.2 Å². The first kappa shape index (κ1) is 90.1. The van der Waals surface area contributed by atoms with E-state index in [9.17, 15) is 0 Å². The number of rotatable bonds is 78. The molecule has 0 unspecified atom stereocenters. The van der Waals surface area contributed by atoms with E-state index in [0.717, 1.165) is 73.8 Å². The fraction of sp³-hybridized carbons (Fsp3) is 0.680. The molecular formula is C75H124BrN9O16. The highest BCUT2D eigenvalue weighted by atomic mass is 79.9. The number of aromatic nitrogens is 9. The summed E-state index contributed by atoms with van der Waals surface area (Å²) < 4.78 is 103.